The van der Waals surface area contributed by atoms with Crippen molar-refractivity contribution < 1.29 is 61.4 Å². The van der Waals surface area contributed by atoms with Crippen LogP contribution in [0.15, 0.2) is 5.10 Å². The van der Waals surface area contributed by atoms with Crippen molar-refractivity contribution in [3.63, 3.8) is 0 Å². The van der Waals surface area contributed by atoms with Crippen molar-refractivity contribution in [1.29, 1.82) is 0 Å². The zero-order valence-corrected chi connectivity index (χ0v) is 8.62. The van der Waals surface area contributed by atoms with E-state index in [4.69, 9.17) is 0 Å². The minimum Gasteiger partial charge on any atom is -0.444 e. The molecule has 2 N–H and O–H groups in total. The van der Waals surface area contributed by atoms with E-state index in [0.29, 0.717) is 0 Å². The second-order valence-electron chi connectivity index (χ2n) is 1.03. The van der Waals surface area contributed by atoms with Gasteiger partial charge in [-0.1, -0.05) is 10.5 Å². The molecule has 10 heteroatoms. The summed E-state index contributed by atoms with van der Waals surface area (Å²) in [6.07, 6.45) is 0. The first-order valence-corrected chi connectivity index (χ1v) is 1.87. The van der Waals surface area contributed by atoms with E-state index in [0.717, 1.165) is 0 Å². The van der Waals surface area contributed by atoms with Crippen LogP contribution >= 0.6 is 0 Å². The summed E-state index contributed by atoms with van der Waals surface area (Å²) in [4.78, 5) is 18.9. The molecule has 0 aromatic rings. The van der Waals surface area contributed by atoms with E-state index in [9.17, 15) is 20.2 Å². The molecule has 0 fully saturated rings. The number of hydrogen-bond donors (Lipinski definition) is 1. The van der Waals surface area contributed by atoms with E-state index in [1.54, 1.807) is 0 Å². The van der Waals surface area contributed by atoms with Gasteiger partial charge in [-0.15, -0.1) is 0 Å². The summed E-state index contributed by atoms with van der Waals surface area (Å²) in [7, 11) is 0. The fraction of sp³-hybridized carbons (Fsp3) is 0. The fourth-order valence-corrected chi connectivity index (χ4v) is 0.187. The monoisotopic (exact) mass is 187 g/mol. The van der Waals surface area contributed by atoms with Gasteiger partial charge in [-0.2, -0.15) is 0 Å². The maximum Gasteiger partial charge on any atom is 1.00 e. The third kappa shape index (κ3) is 9.71. The van der Waals surface area contributed by atoms with Gasteiger partial charge in [0.15, 0.2) is 5.96 Å². The molecule has 0 aliphatic rings. The average molecular weight is 187 g/mol. The predicted octanol–water partition coefficient (Wildman–Crippen LogP) is -3.94. The molecule has 0 aromatic heterocycles. The van der Waals surface area contributed by atoms with Crippen molar-refractivity contribution in [1.82, 2.24) is 0 Å². The first-order chi connectivity index (χ1) is 4.52. The molecule has 0 saturated carbocycles. The van der Waals surface area contributed by atoms with Gasteiger partial charge in [-0.3, -0.25) is 0 Å². The number of hydrogen-bond acceptors (Lipinski definition) is 4. The van der Waals surface area contributed by atoms with Gasteiger partial charge in [-0.05, 0) is 0 Å². The molecule has 0 atom stereocenters. The average Bonchev–Trinajstić information content (AvgIpc) is 1.58. The molecule has 9 nitrogen and oxygen atoms in total. The van der Waals surface area contributed by atoms with Crippen LogP contribution in [0.4, 0.5) is 0 Å². The number of nitrogens with zero attached hydrogens (tertiary/aromatic N) is 4. The summed E-state index contributed by atoms with van der Waals surface area (Å²) < 4.78 is 0. The van der Waals surface area contributed by atoms with Crippen molar-refractivity contribution in [2.45, 2.75) is 0 Å². The quantitative estimate of drug-likeness (QED) is 0.154. The van der Waals surface area contributed by atoms with Crippen molar-refractivity contribution in [2.75, 3.05) is 0 Å². The molecule has 0 aromatic carbocycles. The Labute approximate surface area is 103 Å². The molecule has 0 heterocycles. The van der Waals surface area contributed by atoms with Gasteiger partial charge < -0.3 is 5.73 Å². The van der Waals surface area contributed by atoms with E-state index >= 15 is 0 Å². The van der Waals surface area contributed by atoms with Crippen LogP contribution in [0.5, 0.6) is 0 Å². The zero-order chi connectivity index (χ0) is 8.15. The number of nitrogens with two attached hydrogens (primary N) is 1. The van der Waals surface area contributed by atoms with Gasteiger partial charge in [-0.25, -0.2) is 20.2 Å². The van der Waals surface area contributed by atoms with Gasteiger partial charge in [0.2, 0.25) is 0 Å². The van der Waals surface area contributed by atoms with Gasteiger partial charge in [0.05, 0.1) is 0 Å². The molecule has 11 heavy (non-hydrogen) atoms. The molecular weight excluding hydrogens is 185 g/mol. The Bertz CT molecular complexity index is 189. The number of rotatable bonds is 2. The van der Waals surface area contributed by atoms with Crippen LogP contribution in [0.25, 0.3) is 5.43 Å². The minimum atomic E-state index is -1.18. The van der Waals surface area contributed by atoms with Crippen LogP contribution in [-0.4, -0.2) is 16.0 Å². The Kier molecular flexibility index (Phi) is 7.76. The Hall–Kier alpha value is -0.294. The van der Waals surface area contributed by atoms with E-state index in [1.807, 2.05) is 0 Å². The summed E-state index contributed by atoms with van der Waals surface area (Å²) in [5.41, 5.74) is 6.90. The van der Waals surface area contributed by atoms with Gasteiger partial charge >= 0.3 is 51.4 Å². The normalized spacial score (nSPS) is 9.64. The molecule has 0 bridgehead atoms. The first kappa shape index (κ1) is 13.3. The van der Waals surface area contributed by atoms with Crippen LogP contribution < -0.4 is 57.1 Å². The van der Waals surface area contributed by atoms with E-state index in [1.165, 1.54) is 0 Å². The molecule has 0 radical (unpaired) electrons. The van der Waals surface area contributed by atoms with Crippen molar-refractivity contribution in [3.8, 4) is 0 Å². The second kappa shape index (κ2) is 6.42. The van der Waals surface area contributed by atoms with Crippen molar-refractivity contribution in [2.24, 2.45) is 10.8 Å². The standard InChI is InChI=1S/CH2N5O4.K/c2-1(3-5(7)8)4-6(9)10;/h(H2-,2,3,4);/q-1;+1. The van der Waals surface area contributed by atoms with E-state index in [2.05, 4.69) is 16.3 Å². The summed E-state index contributed by atoms with van der Waals surface area (Å²) in [6.45, 7) is 0. The van der Waals surface area contributed by atoms with Gasteiger partial charge in [0, 0.05) is 0 Å². The third-order valence-corrected chi connectivity index (χ3v) is 0.368. The molecule has 0 spiro atoms. The minimum absolute atomic E-state index is 0. The van der Waals surface area contributed by atoms with Crippen LogP contribution in [0.1, 0.15) is 0 Å². The van der Waals surface area contributed by atoms with Crippen LogP contribution in [0.3, 0.4) is 0 Å². The first-order valence-electron chi connectivity index (χ1n) is 1.87. The maximum absolute atomic E-state index is 9.45. The predicted molar refractivity (Wildman–Crippen MR) is 29.0 cm³/mol. The van der Waals surface area contributed by atoms with Gasteiger partial charge in [0.25, 0.3) is 0 Å². The Morgan fingerprint density at radius 3 is 2.18 bits per heavy atom. The molecule has 0 amide bonds. The van der Waals surface area contributed by atoms with Crippen LogP contribution in [0, 0.1) is 20.2 Å². The SMILES string of the molecule is N/C(=N\[N+](=O)[O-])[N-][N+](=O)[O-].[K+]. The van der Waals surface area contributed by atoms with Gasteiger partial charge in [0.1, 0.15) is 10.1 Å². The summed E-state index contributed by atoms with van der Waals surface area (Å²) in [6, 6.07) is 0. The smallest absolute Gasteiger partial charge is 0.444 e. The fourth-order valence-electron chi connectivity index (χ4n) is 0.187. The largest absolute Gasteiger partial charge is 1.00 e. The zero-order valence-electron chi connectivity index (χ0n) is 5.50. The maximum atomic E-state index is 9.45. The molecule has 0 saturated heterocycles. The number of nitro groups is 2. The second-order valence-corrected chi connectivity index (χ2v) is 1.03. The Balaban J connectivity index is 0. The topological polar surface area (TPSA) is 139 Å². The van der Waals surface area contributed by atoms with Crippen LogP contribution in [-0.2, 0) is 0 Å². The van der Waals surface area contributed by atoms with Crippen molar-refractivity contribution in [3.05, 3.63) is 25.7 Å². The Morgan fingerprint density at radius 2 is 1.91 bits per heavy atom. The molecular formula is CH2KN5O4. The summed E-state index contributed by atoms with van der Waals surface area (Å²) in [5.74, 6) is -0.991. The third-order valence-electron chi connectivity index (χ3n) is 0.368. The van der Waals surface area contributed by atoms with Crippen molar-refractivity contribution >= 4 is 5.96 Å². The molecule has 0 rings (SSSR count). The molecule has 0 unspecified atom stereocenters. The number of guanidine groups is 1. The number of hydrazone groups is 1. The summed E-state index contributed by atoms with van der Waals surface area (Å²) >= 11 is 0. The molecule has 0 aliphatic carbocycles. The Morgan fingerprint density at radius 1 is 1.45 bits per heavy atom. The molecule has 56 valence electrons. The van der Waals surface area contributed by atoms with E-state index < -0.39 is 16.0 Å². The summed E-state index contributed by atoms with van der Waals surface area (Å²) in [5, 5.41) is 18.9. The van der Waals surface area contributed by atoms with E-state index in [-0.39, 0.29) is 51.4 Å². The molecule has 0 aliphatic heterocycles. The van der Waals surface area contributed by atoms with Crippen LogP contribution in [0.2, 0.25) is 0 Å².